The van der Waals surface area contributed by atoms with Gasteiger partial charge >= 0.3 is 0 Å². The molecule has 0 aromatic heterocycles. The van der Waals surface area contributed by atoms with E-state index >= 15 is 0 Å². The summed E-state index contributed by atoms with van der Waals surface area (Å²) in [4.78, 5) is 0. The predicted octanol–water partition coefficient (Wildman–Crippen LogP) is 1.12. The predicted molar refractivity (Wildman–Crippen MR) is 46.2 cm³/mol. The lowest BCUT2D eigenvalue weighted by molar-refractivity contribution is 0.104. The molecule has 0 rings (SSSR count). The van der Waals surface area contributed by atoms with Crippen LogP contribution in [0.4, 0.5) is 0 Å². The van der Waals surface area contributed by atoms with Crippen LogP contribution in [0.2, 0.25) is 0 Å². The second-order valence-corrected chi connectivity index (χ2v) is 4.58. The lowest BCUT2D eigenvalue weighted by Crippen LogP contribution is -2.19. The number of hydrogen-bond acceptors (Lipinski definition) is 4. The second kappa shape index (κ2) is 4.79. The van der Waals surface area contributed by atoms with E-state index in [1.54, 1.807) is 27.7 Å². The third-order valence-electron chi connectivity index (χ3n) is 0.885. The Morgan fingerprint density at radius 2 is 1.58 bits per heavy atom. The Hall–Kier alpha value is -0.130. The third-order valence-corrected chi connectivity index (χ3v) is 1.99. The SMILES string of the molecule is CC(C)OCS(=O)(=O)OC(C)C. The van der Waals surface area contributed by atoms with Gasteiger partial charge in [-0.15, -0.1) is 0 Å². The van der Waals surface area contributed by atoms with E-state index in [4.69, 9.17) is 4.74 Å². The minimum absolute atomic E-state index is 0.101. The number of rotatable bonds is 5. The van der Waals surface area contributed by atoms with E-state index < -0.39 is 10.1 Å². The van der Waals surface area contributed by atoms with Crippen LogP contribution in [0.1, 0.15) is 27.7 Å². The molecule has 4 nitrogen and oxygen atoms in total. The van der Waals surface area contributed by atoms with Crippen LogP contribution < -0.4 is 0 Å². The number of hydrogen-bond donors (Lipinski definition) is 0. The Labute approximate surface area is 74.0 Å². The van der Waals surface area contributed by atoms with Gasteiger partial charge in [0.25, 0.3) is 10.1 Å². The summed E-state index contributed by atoms with van der Waals surface area (Å²) in [5, 5.41) is 0. The van der Waals surface area contributed by atoms with Crippen LogP contribution in [-0.4, -0.2) is 26.6 Å². The molecule has 0 saturated carbocycles. The van der Waals surface area contributed by atoms with Crippen molar-refractivity contribution in [3.63, 3.8) is 0 Å². The molecule has 0 aliphatic carbocycles. The van der Waals surface area contributed by atoms with Crippen LogP contribution in [0.3, 0.4) is 0 Å². The first kappa shape index (κ1) is 11.9. The highest BCUT2D eigenvalue weighted by atomic mass is 32.2. The van der Waals surface area contributed by atoms with Gasteiger partial charge in [0.05, 0.1) is 12.2 Å². The first-order chi connectivity index (χ1) is 5.33. The van der Waals surface area contributed by atoms with Crippen molar-refractivity contribution in [2.75, 3.05) is 5.94 Å². The second-order valence-electron chi connectivity index (χ2n) is 3.04. The minimum atomic E-state index is -3.50. The molecule has 0 spiro atoms. The zero-order valence-electron chi connectivity index (χ0n) is 7.90. The Bertz CT molecular complexity index is 205. The Kier molecular flexibility index (Phi) is 4.74. The minimum Gasteiger partial charge on any atom is -0.360 e. The summed E-state index contributed by atoms with van der Waals surface area (Å²) >= 11 is 0. The Morgan fingerprint density at radius 1 is 1.08 bits per heavy atom. The molecule has 0 unspecified atom stereocenters. The van der Waals surface area contributed by atoms with Crippen LogP contribution in [-0.2, 0) is 19.0 Å². The largest absolute Gasteiger partial charge is 0.360 e. The summed E-state index contributed by atoms with van der Waals surface area (Å²) in [6.45, 7) is 6.86. The highest BCUT2D eigenvalue weighted by Gasteiger charge is 2.14. The smallest absolute Gasteiger partial charge is 0.292 e. The fourth-order valence-corrected chi connectivity index (χ4v) is 1.62. The molecule has 74 valence electrons. The van der Waals surface area contributed by atoms with E-state index in [1.165, 1.54) is 0 Å². The third kappa shape index (κ3) is 6.57. The zero-order chi connectivity index (χ0) is 9.78. The molecular weight excluding hydrogens is 180 g/mol. The fourth-order valence-electron chi connectivity index (χ4n) is 0.540. The van der Waals surface area contributed by atoms with E-state index in [9.17, 15) is 8.42 Å². The molecular formula is C7H16O4S. The maximum Gasteiger partial charge on any atom is 0.292 e. The van der Waals surface area contributed by atoms with Gasteiger partial charge in [0.1, 0.15) is 0 Å². The molecule has 0 amide bonds. The first-order valence-electron chi connectivity index (χ1n) is 3.86. The van der Waals surface area contributed by atoms with Crippen molar-refractivity contribution in [3.8, 4) is 0 Å². The van der Waals surface area contributed by atoms with E-state index in [1.807, 2.05) is 0 Å². The number of ether oxygens (including phenoxy) is 1. The van der Waals surface area contributed by atoms with Gasteiger partial charge in [0.2, 0.25) is 0 Å². The van der Waals surface area contributed by atoms with Gasteiger partial charge in [-0.1, -0.05) is 0 Å². The molecule has 0 radical (unpaired) electrons. The van der Waals surface area contributed by atoms with Gasteiger partial charge in [0, 0.05) is 0 Å². The summed E-state index contributed by atoms with van der Waals surface area (Å²) in [6.07, 6.45) is -0.429. The van der Waals surface area contributed by atoms with Gasteiger partial charge in [-0.05, 0) is 27.7 Å². The van der Waals surface area contributed by atoms with E-state index in [0.29, 0.717) is 0 Å². The van der Waals surface area contributed by atoms with Crippen molar-refractivity contribution in [1.82, 2.24) is 0 Å². The van der Waals surface area contributed by atoms with Gasteiger partial charge in [-0.25, -0.2) is 0 Å². The van der Waals surface area contributed by atoms with Gasteiger partial charge in [-0.2, -0.15) is 8.42 Å². The van der Waals surface area contributed by atoms with Crippen molar-refractivity contribution in [1.29, 1.82) is 0 Å². The Balaban J connectivity index is 3.89. The van der Waals surface area contributed by atoms with Gasteiger partial charge in [0.15, 0.2) is 5.94 Å². The molecule has 0 aliphatic rings. The van der Waals surface area contributed by atoms with Crippen LogP contribution in [0.25, 0.3) is 0 Å². The van der Waals surface area contributed by atoms with E-state index in [0.717, 1.165) is 0 Å². The summed E-state index contributed by atoms with van der Waals surface area (Å²) in [5.41, 5.74) is 0. The van der Waals surface area contributed by atoms with Crippen molar-refractivity contribution < 1.29 is 17.3 Å². The normalized spacial score (nSPS) is 12.8. The maximum absolute atomic E-state index is 11.0. The van der Waals surface area contributed by atoms with Crippen molar-refractivity contribution >= 4 is 10.1 Å². The quantitative estimate of drug-likeness (QED) is 0.618. The lowest BCUT2D eigenvalue weighted by Gasteiger charge is -2.10. The average molecular weight is 196 g/mol. The van der Waals surface area contributed by atoms with E-state index in [-0.39, 0.29) is 18.1 Å². The zero-order valence-corrected chi connectivity index (χ0v) is 8.72. The summed E-state index contributed by atoms with van der Waals surface area (Å²) < 4.78 is 31.5. The lowest BCUT2D eigenvalue weighted by atomic mass is 10.5. The standard InChI is InChI=1S/C7H16O4S/c1-6(2)10-5-12(8,9)11-7(3)4/h6-7H,5H2,1-4H3. The molecule has 12 heavy (non-hydrogen) atoms. The topological polar surface area (TPSA) is 52.6 Å². The highest BCUT2D eigenvalue weighted by Crippen LogP contribution is 2.01. The molecule has 0 bridgehead atoms. The molecule has 0 aliphatic heterocycles. The highest BCUT2D eigenvalue weighted by molar-refractivity contribution is 7.86. The molecule has 0 saturated heterocycles. The van der Waals surface area contributed by atoms with Crippen molar-refractivity contribution in [3.05, 3.63) is 0 Å². The van der Waals surface area contributed by atoms with Crippen molar-refractivity contribution in [2.24, 2.45) is 0 Å². The molecule has 0 aromatic rings. The van der Waals surface area contributed by atoms with Crippen LogP contribution in [0.5, 0.6) is 0 Å². The molecule has 0 aromatic carbocycles. The molecule has 0 fully saturated rings. The molecule has 0 heterocycles. The summed E-state index contributed by atoms with van der Waals surface area (Å²) in [5.74, 6) is -0.372. The fraction of sp³-hybridized carbons (Fsp3) is 1.00. The molecule has 0 atom stereocenters. The van der Waals surface area contributed by atoms with Gasteiger partial charge in [-0.3, -0.25) is 4.18 Å². The summed E-state index contributed by atoms with van der Waals surface area (Å²) in [7, 11) is -3.50. The van der Waals surface area contributed by atoms with Crippen molar-refractivity contribution in [2.45, 2.75) is 39.9 Å². The molecule has 0 N–H and O–H groups in total. The van der Waals surface area contributed by atoms with E-state index in [2.05, 4.69) is 4.18 Å². The van der Waals surface area contributed by atoms with Gasteiger partial charge < -0.3 is 4.74 Å². The molecule has 5 heteroatoms. The Morgan fingerprint density at radius 3 is 1.92 bits per heavy atom. The van der Waals surface area contributed by atoms with Crippen LogP contribution in [0.15, 0.2) is 0 Å². The first-order valence-corrected chi connectivity index (χ1v) is 5.44. The maximum atomic E-state index is 11.0. The monoisotopic (exact) mass is 196 g/mol. The van der Waals surface area contributed by atoms with Crippen LogP contribution >= 0.6 is 0 Å². The summed E-state index contributed by atoms with van der Waals surface area (Å²) in [6, 6.07) is 0. The van der Waals surface area contributed by atoms with Crippen LogP contribution in [0, 0.1) is 0 Å². The average Bonchev–Trinajstić information content (AvgIpc) is 1.81.